The van der Waals surface area contributed by atoms with Crippen molar-refractivity contribution in [1.82, 2.24) is 0 Å². The molecule has 2 aromatic rings. The first-order valence-electron chi connectivity index (χ1n) is 6.68. The number of carbonyl (C=O) groups is 1. The molecule has 0 spiro atoms. The molecular weight excluding hydrogens is 359 g/mol. The average Bonchev–Trinajstić information content (AvgIpc) is 2.37. The fourth-order valence-corrected chi connectivity index (χ4v) is 3.07. The lowest BCUT2D eigenvalue weighted by Gasteiger charge is -2.21. The maximum atomic E-state index is 11.0. The Bertz CT molecular complexity index is 651. The number of aryl methyl sites for hydroxylation is 2. The number of hydrogen-bond acceptors (Lipinski definition) is 1. The van der Waals surface area contributed by atoms with Crippen LogP contribution in [0.1, 0.15) is 40.9 Å². The van der Waals surface area contributed by atoms with Gasteiger partial charge in [0.25, 0.3) is 0 Å². The minimum atomic E-state index is 0.0924. The highest BCUT2D eigenvalue weighted by molar-refractivity contribution is 14.1. The molecule has 2 rings (SSSR count). The fraction of sp³-hybridized carbons (Fsp3) is 0.278. The van der Waals surface area contributed by atoms with Gasteiger partial charge in [0, 0.05) is 8.99 Å². The van der Waals surface area contributed by atoms with Crippen LogP contribution in [0, 0.1) is 13.8 Å². The molecule has 2 aromatic carbocycles. The van der Waals surface area contributed by atoms with Gasteiger partial charge in [-0.25, -0.2) is 0 Å². The molecule has 0 amide bonds. The Balaban J connectivity index is 2.59. The van der Waals surface area contributed by atoms with Crippen LogP contribution in [-0.2, 0) is 3.42 Å². The SMILES string of the molecule is Cc1cc(C=O)cc(-c2ccc(C)c(C(C)(C)I)c2)c1. The molecule has 0 atom stereocenters. The summed E-state index contributed by atoms with van der Waals surface area (Å²) in [6.07, 6.45) is 0.911. The van der Waals surface area contributed by atoms with Gasteiger partial charge in [0.05, 0.1) is 0 Å². The second-order valence-electron chi connectivity index (χ2n) is 5.75. The van der Waals surface area contributed by atoms with Crippen molar-refractivity contribution in [2.24, 2.45) is 0 Å². The third-order valence-electron chi connectivity index (χ3n) is 3.45. The quantitative estimate of drug-likeness (QED) is 0.394. The Hall–Kier alpha value is -1.16. The Labute approximate surface area is 134 Å². The highest BCUT2D eigenvalue weighted by atomic mass is 127. The zero-order chi connectivity index (χ0) is 14.9. The zero-order valence-corrected chi connectivity index (χ0v) is 14.5. The van der Waals surface area contributed by atoms with E-state index in [0.29, 0.717) is 0 Å². The molecule has 0 N–H and O–H groups in total. The van der Waals surface area contributed by atoms with Gasteiger partial charge < -0.3 is 0 Å². The normalized spacial score (nSPS) is 11.4. The smallest absolute Gasteiger partial charge is 0.150 e. The number of hydrogen-bond donors (Lipinski definition) is 0. The molecule has 0 bridgehead atoms. The summed E-state index contributed by atoms with van der Waals surface area (Å²) in [5, 5.41) is 0. The van der Waals surface area contributed by atoms with Crippen molar-refractivity contribution in [1.29, 1.82) is 0 Å². The number of aldehydes is 1. The first-order chi connectivity index (χ1) is 9.31. The molecule has 2 heteroatoms. The van der Waals surface area contributed by atoms with E-state index >= 15 is 0 Å². The van der Waals surface area contributed by atoms with Gasteiger partial charge in [0.15, 0.2) is 0 Å². The van der Waals surface area contributed by atoms with Gasteiger partial charge in [0.1, 0.15) is 6.29 Å². The molecule has 0 saturated heterocycles. The van der Waals surface area contributed by atoms with E-state index in [1.54, 1.807) is 0 Å². The predicted molar refractivity (Wildman–Crippen MR) is 93.8 cm³/mol. The minimum Gasteiger partial charge on any atom is -0.298 e. The third-order valence-corrected chi connectivity index (χ3v) is 4.03. The number of carbonyl (C=O) groups excluding carboxylic acids is 1. The Morgan fingerprint density at radius 2 is 1.70 bits per heavy atom. The minimum absolute atomic E-state index is 0.0924. The summed E-state index contributed by atoms with van der Waals surface area (Å²) in [5.41, 5.74) is 6.76. The van der Waals surface area contributed by atoms with E-state index in [-0.39, 0.29) is 3.42 Å². The van der Waals surface area contributed by atoms with Crippen LogP contribution in [0.15, 0.2) is 36.4 Å². The lowest BCUT2D eigenvalue weighted by molar-refractivity contribution is 0.112. The van der Waals surface area contributed by atoms with Gasteiger partial charge in [-0.1, -0.05) is 40.8 Å². The Morgan fingerprint density at radius 3 is 2.30 bits per heavy atom. The molecule has 0 aromatic heterocycles. The first kappa shape index (κ1) is 15.2. The number of rotatable bonds is 3. The van der Waals surface area contributed by atoms with Crippen LogP contribution >= 0.6 is 22.6 Å². The van der Waals surface area contributed by atoms with Crippen molar-refractivity contribution in [2.75, 3.05) is 0 Å². The number of halogens is 1. The van der Waals surface area contributed by atoms with Crippen LogP contribution in [-0.4, -0.2) is 6.29 Å². The van der Waals surface area contributed by atoms with E-state index < -0.39 is 0 Å². The Morgan fingerprint density at radius 1 is 1.00 bits per heavy atom. The van der Waals surface area contributed by atoms with Crippen LogP contribution in [0.4, 0.5) is 0 Å². The molecule has 0 saturated carbocycles. The molecule has 0 radical (unpaired) electrons. The van der Waals surface area contributed by atoms with Crippen LogP contribution in [0.3, 0.4) is 0 Å². The third kappa shape index (κ3) is 3.29. The molecule has 0 aliphatic heterocycles. The van der Waals surface area contributed by atoms with E-state index in [9.17, 15) is 4.79 Å². The second-order valence-corrected chi connectivity index (χ2v) is 8.45. The molecule has 0 fully saturated rings. The Kier molecular flexibility index (Phi) is 4.33. The number of alkyl halides is 1. The van der Waals surface area contributed by atoms with Crippen LogP contribution < -0.4 is 0 Å². The van der Waals surface area contributed by atoms with Gasteiger partial charge in [-0.3, -0.25) is 4.79 Å². The molecule has 104 valence electrons. The van der Waals surface area contributed by atoms with Gasteiger partial charge in [-0.05, 0) is 73.7 Å². The summed E-state index contributed by atoms with van der Waals surface area (Å²) in [6, 6.07) is 12.5. The van der Waals surface area contributed by atoms with Crippen molar-refractivity contribution >= 4 is 28.9 Å². The predicted octanol–water partition coefficient (Wildman–Crippen LogP) is 5.45. The molecule has 0 aliphatic carbocycles. The van der Waals surface area contributed by atoms with Gasteiger partial charge >= 0.3 is 0 Å². The highest BCUT2D eigenvalue weighted by Crippen LogP contribution is 2.35. The van der Waals surface area contributed by atoms with E-state index in [4.69, 9.17) is 0 Å². The van der Waals surface area contributed by atoms with E-state index in [2.05, 4.69) is 67.6 Å². The average molecular weight is 378 g/mol. The lowest BCUT2D eigenvalue weighted by Crippen LogP contribution is -2.08. The largest absolute Gasteiger partial charge is 0.298 e. The van der Waals surface area contributed by atoms with Crippen LogP contribution in [0.2, 0.25) is 0 Å². The first-order valence-corrected chi connectivity index (χ1v) is 7.76. The summed E-state index contributed by atoms with van der Waals surface area (Å²) in [6.45, 7) is 8.60. The van der Waals surface area contributed by atoms with Crippen molar-refractivity contribution in [3.8, 4) is 11.1 Å². The van der Waals surface area contributed by atoms with Crippen LogP contribution in [0.25, 0.3) is 11.1 Å². The summed E-state index contributed by atoms with van der Waals surface area (Å²) in [4.78, 5) is 11.0. The molecule has 20 heavy (non-hydrogen) atoms. The summed E-state index contributed by atoms with van der Waals surface area (Å²) in [7, 11) is 0. The molecular formula is C18H19IO. The van der Waals surface area contributed by atoms with E-state index in [1.807, 2.05) is 19.1 Å². The van der Waals surface area contributed by atoms with Gasteiger partial charge in [-0.2, -0.15) is 0 Å². The summed E-state index contributed by atoms with van der Waals surface area (Å²) >= 11 is 2.47. The second kappa shape index (κ2) is 5.68. The lowest BCUT2D eigenvalue weighted by atomic mass is 9.92. The highest BCUT2D eigenvalue weighted by Gasteiger charge is 2.18. The van der Waals surface area contributed by atoms with Gasteiger partial charge in [-0.15, -0.1) is 0 Å². The topological polar surface area (TPSA) is 17.1 Å². The van der Waals surface area contributed by atoms with Crippen molar-refractivity contribution < 1.29 is 4.79 Å². The van der Waals surface area contributed by atoms with E-state index in [1.165, 1.54) is 16.7 Å². The zero-order valence-electron chi connectivity index (χ0n) is 12.3. The number of benzene rings is 2. The van der Waals surface area contributed by atoms with Crippen molar-refractivity contribution in [3.63, 3.8) is 0 Å². The molecule has 0 aliphatic rings. The maximum Gasteiger partial charge on any atom is 0.150 e. The maximum absolute atomic E-state index is 11.0. The van der Waals surface area contributed by atoms with Crippen molar-refractivity contribution in [2.45, 2.75) is 31.1 Å². The standard InChI is InChI=1S/C18H19IO/c1-12-7-14(11-20)9-16(8-12)15-6-5-13(2)17(10-15)18(3,4)19/h5-11H,1-4H3. The van der Waals surface area contributed by atoms with E-state index in [0.717, 1.165) is 23.0 Å². The van der Waals surface area contributed by atoms with Crippen molar-refractivity contribution in [3.05, 3.63) is 58.7 Å². The monoisotopic (exact) mass is 378 g/mol. The fourth-order valence-electron chi connectivity index (χ4n) is 2.49. The molecule has 0 unspecified atom stereocenters. The summed E-state index contributed by atoms with van der Waals surface area (Å²) in [5.74, 6) is 0. The molecule has 0 heterocycles. The van der Waals surface area contributed by atoms with Gasteiger partial charge in [0.2, 0.25) is 0 Å². The summed E-state index contributed by atoms with van der Waals surface area (Å²) < 4.78 is 0.0924. The molecule has 1 nitrogen and oxygen atoms in total. The van der Waals surface area contributed by atoms with Crippen LogP contribution in [0.5, 0.6) is 0 Å².